The van der Waals surface area contributed by atoms with E-state index in [9.17, 15) is 14.4 Å². The van der Waals surface area contributed by atoms with Crippen LogP contribution in [0.25, 0.3) is 0 Å². The fourth-order valence-electron chi connectivity index (χ4n) is 8.87. The van der Waals surface area contributed by atoms with Crippen LogP contribution in [0.4, 0.5) is 0 Å². The predicted octanol–water partition coefficient (Wildman–Crippen LogP) is 22.4. The molecule has 0 bridgehead atoms. The molecule has 0 radical (unpaired) electrons. The maximum absolute atomic E-state index is 12.8. The molecule has 444 valence electrons. The van der Waals surface area contributed by atoms with Gasteiger partial charge in [0.2, 0.25) is 0 Å². The third-order valence-corrected chi connectivity index (χ3v) is 13.7. The summed E-state index contributed by atoms with van der Waals surface area (Å²) in [4.78, 5) is 38.2. The standard InChI is InChI=1S/C72H120O6/c1-4-7-10-13-16-19-22-25-27-28-29-30-31-32-33-34-35-36-37-38-39-40-41-42-43-44-46-47-50-53-56-59-62-65-71(74)77-68-69(67-76-70(73)64-61-58-55-52-49-24-21-18-15-12-9-6-3)78-72(75)66-63-60-57-54-51-48-45-26-23-20-17-14-11-8-5-2/h7-8,10-11,16-21,25-27,29-30,32-33,45,51,54,69H,4-6,9,12-15,22-24,28,31,34-44,46-50,52-53,55-68H2,1-3H3/b10-7-,11-8-,19-16-,20-17-,21-18-,27-25-,30-29-,33-32-,45-26-,54-51-. The van der Waals surface area contributed by atoms with Crippen molar-refractivity contribution in [3.63, 3.8) is 0 Å². The smallest absolute Gasteiger partial charge is 0.306 e. The van der Waals surface area contributed by atoms with Gasteiger partial charge in [0, 0.05) is 19.3 Å². The van der Waals surface area contributed by atoms with E-state index in [1.807, 2.05) is 0 Å². The summed E-state index contributed by atoms with van der Waals surface area (Å²) >= 11 is 0. The summed E-state index contributed by atoms with van der Waals surface area (Å²) in [6.07, 6.45) is 90.9. The van der Waals surface area contributed by atoms with E-state index in [1.54, 1.807) is 0 Å². The van der Waals surface area contributed by atoms with Crippen LogP contribution in [0.5, 0.6) is 0 Å². The summed E-state index contributed by atoms with van der Waals surface area (Å²) in [5.41, 5.74) is 0. The maximum Gasteiger partial charge on any atom is 0.306 e. The van der Waals surface area contributed by atoms with Gasteiger partial charge in [-0.1, -0.05) is 271 Å². The molecule has 1 unspecified atom stereocenters. The van der Waals surface area contributed by atoms with Crippen molar-refractivity contribution in [1.82, 2.24) is 0 Å². The van der Waals surface area contributed by atoms with Gasteiger partial charge in [0.05, 0.1) is 0 Å². The average Bonchev–Trinajstić information content (AvgIpc) is 3.44. The summed E-state index contributed by atoms with van der Waals surface area (Å²) in [5.74, 6) is -0.943. The number of esters is 3. The molecule has 0 aromatic heterocycles. The molecule has 6 heteroatoms. The molecule has 0 heterocycles. The zero-order chi connectivity index (χ0) is 56.4. The van der Waals surface area contributed by atoms with Crippen molar-refractivity contribution in [2.45, 2.75) is 303 Å². The Kier molecular flexibility index (Phi) is 61.8. The molecule has 0 aliphatic heterocycles. The quantitative estimate of drug-likeness (QED) is 0.0261. The molecular weight excluding hydrogens is 961 g/mol. The van der Waals surface area contributed by atoms with Gasteiger partial charge < -0.3 is 14.2 Å². The molecule has 0 fully saturated rings. The molecular formula is C72H120O6. The van der Waals surface area contributed by atoms with Crippen LogP contribution in [-0.4, -0.2) is 37.2 Å². The van der Waals surface area contributed by atoms with Gasteiger partial charge in [-0.05, 0) is 128 Å². The lowest BCUT2D eigenvalue weighted by Crippen LogP contribution is -2.30. The highest BCUT2D eigenvalue weighted by Gasteiger charge is 2.19. The maximum atomic E-state index is 12.8. The topological polar surface area (TPSA) is 78.9 Å². The Morgan fingerprint density at radius 3 is 0.821 bits per heavy atom. The van der Waals surface area contributed by atoms with Crippen molar-refractivity contribution in [3.05, 3.63) is 122 Å². The third-order valence-electron chi connectivity index (χ3n) is 13.7. The minimum atomic E-state index is -0.804. The van der Waals surface area contributed by atoms with Gasteiger partial charge in [-0.2, -0.15) is 0 Å². The predicted molar refractivity (Wildman–Crippen MR) is 339 cm³/mol. The summed E-state index contributed by atoms with van der Waals surface area (Å²) in [7, 11) is 0. The third kappa shape index (κ3) is 62.7. The SMILES string of the molecule is CC/C=C\C/C=C\C/C=C\C/C=C\C/C=C\CCCCCCCCCCCCCCCCCCCC(=O)OCC(COC(=O)CCCCCCC/C=C\CCCCC)OC(=O)CCCC/C=C\C/C=C\C/C=C\C/C=C\CC. The minimum absolute atomic E-state index is 0.0969. The van der Waals surface area contributed by atoms with Crippen LogP contribution in [0.3, 0.4) is 0 Å². The summed E-state index contributed by atoms with van der Waals surface area (Å²) in [5, 5.41) is 0. The van der Waals surface area contributed by atoms with Crippen LogP contribution < -0.4 is 0 Å². The van der Waals surface area contributed by atoms with Crippen LogP contribution in [0.15, 0.2) is 122 Å². The number of carbonyl (C=O) groups is 3. The van der Waals surface area contributed by atoms with Gasteiger partial charge in [0.15, 0.2) is 6.10 Å². The van der Waals surface area contributed by atoms with Crippen molar-refractivity contribution in [3.8, 4) is 0 Å². The molecule has 6 nitrogen and oxygen atoms in total. The molecule has 78 heavy (non-hydrogen) atoms. The average molecular weight is 1080 g/mol. The monoisotopic (exact) mass is 1080 g/mol. The molecule has 0 aliphatic rings. The molecule has 1 atom stereocenters. The fourth-order valence-corrected chi connectivity index (χ4v) is 8.87. The Balaban J connectivity index is 4.18. The van der Waals surface area contributed by atoms with Gasteiger partial charge >= 0.3 is 17.9 Å². The van der Waals surface area contributed by atoms with Gasteiger partial charge in [0.25, 0.3) is 0 Å². The highest BCUT2D eigenvalue weighted by Crippen LogP contribution is 2.16. The lowest BCUT2D eigenvalue weighted by Gasteiger charge is -2.18. The number of allylic oxidation sites excluding steroid dienone is 20. The van der Waals surface area contributed by atoms with Crippen LogP contribution in [0.2, 0.25) is 0 Å². The van der Waals surface area contributed by atoms with Crippen molar-refractivity contribution in [2.75, 3.05) is 13.2 Å². The van der Waals surface area contributed by atoms with Crippen molar-refractivity contribution >= 4 is 17.9 Å². The van der Waals surface area contributed by atoms with E-state index in [4.69, 9.17) is 14.2 Å². The Bertz CT molecular complexity index is 1620. The highest BCUT2D eigenvalue weighted by atomic mass is 16.6. The fraction of sp³-hybridized carbons (Fsp3) is 0.681. The van der Waals surface area contributed by atoms with Crippen LogP contribution in [0.1, 0.15) is 297 Å². The lowest BCUT2D eigenvalue weighted by atomic mass is 10.0. The molecule has 0 aromatic rings. The molecule has 0 amide bonds. The second-order valence-corrected chi connectivity index (χ2v) is 21.3. The van der Waals surface area contributed by atoms with E-state index >= 15 is 0 Å². The second-order valence-electron chi connectivity index (χ2n) is 21.3. The van der Waals surface area contributed by atoms with E-state index < -0.39 is 6.10 Å². The number of ether oxygens (including phenoxy) is 3. The molecule has 0 saturated heterocycles. The van der Waals surface area contributed by atoms with Crippen molar-refractivity contribution in [1.29, 1.82) is 0 Å². The minimum Gasteiger partial charge on any atom is -0.462 e. The van der Waals surface area contributed by atoms with Crippen LogP contribution in [-0.2, 0) is 28.6 Å². The zero-order valence-corrected chi connectivity index (χ0v) is 50.9. The number of hydrogen-bond donors (Lipinski definition) is 0. The number of rotatable bonds is 58. The van der Waals surface area contributed by atoms with Gasteiger partial charge in [-0.15, -0.1) is 0 Å². The van der Waals surface area contributed by atoms with Crippen molar-refractivity contribution in [2.24, 2.45) is 0 Å². The van der Waals surface area contributed by atoms with E-state index in [0.29, 0.717) is 19.3 Å². The van der Waals surface area contributed by atoms with Crippen LogP contribution in [0, 0.1) is 0 Å². The molecule has 0 aliphatic carbocycles. The Labute approximate surface area is 482 Å². The first-order chi connectivity index (χ1) is 38.5. The van der Waals surface area contributed by atoms with Gasteiger partial charge in [-0.25, -0.2) is 0 Å². The normalized spacial score (nSPS) is 12.9. The zero-order valence-electron chi connectivity index (χ0n) is 50.9. The molecule has 0 spiro atoms. The highest BCUT2D eigenvalue weighted by molar-refractivity contribution is 5.71. The van der Waals surface area contributed by atoms with Gasteiger partial charge in [0.1, 0.15) is 13.2 Å². The first-order valence-electron chi connectivity index (χ1n) is 32.5. The molecule has 0 rings (SSSR count). The summed E-state index contributed by atoms with van der Waals surface area (Å²) < 4.78 is 16.8. The van der Waals surface area contributed by atoms with Crippen LogP contribution >= 0.6 is 0 Å². The number of hydrogen-bond acceptors (Lipinski definition) is 6. The van der Waals surface area contributed by atoms with E-state index in [1.165, 1.54) is 128 Å². The lowest BCUT2D eigenvalue weighted by molar-refractivity contribution is -0.167. The number of unbranched alkanes of at least 4 members (excludes halogenated alkanes) is 27. The Morgan fingerprint density at radius 1 is 0.269 bits per heavy atom. The first-order valence-corrected chi connectivity index (χ1v) is 32.5. The number of carbonyl (C=O) groups excluding carboxylic acids is 3. The largest absolute Gasteiger partial charge is 0.462 e. The molecule has 0 N–H and O–H groups in total. The first kappa shape index (κ1) is 73.8. The molecule has 0 saturated carbocycles. The summed E-state index contributed by atoms with van der Waals surface area (Å²) in [6, 6.07) is 0. The molecule has 0 aromatic carbocycles. The Hall–Kier alpha value is -4.19. The van der Waals surface area contributed by atoms with E-state index in [2.05, 4.69) is 142 Å². The van der Waals surface area contributed by atoms with E-state index in [-0.39, 0.29) is 37.5 Å². The Morgan fingerprint density at radius 2 is 0.500 bits per heavy atom. The summed E-state index contributed by atoms with van der Waals surface area (Å²) in [6.45, 7) is 6.36. The second kappa shape index (κ2) is 65.3. The van der Waals surface area contributed by atoms with Gasteiger partial charge in [-0.3, -0.25) is 14.4 Å². The van der Waals surface area contributed by atoms with E-state index in [0.717, 1.165) is 122 Å². The van der Waals surface area contributed by atoms with Crippen molar-refractivity contribution < 1.29 is 28.6 Å².